The summed E-state index contributed by atoms with van der Waals surface area (Å²) in [6, 6.07) is 0. The van der Waals surface area contributed by atoms with E-state index >= 15 is 0 Å². The molecule has 0 radical (unpaired) electrons. The van der Waals surface area contributed by atoms with Gasteiger partial charge in [0.2, 0.25) is 0 Å². The summed E-state index contributed by atoms with van der Waals surface area (Å²) in [6.45, 7) is 7.28. The average molecular weight is 403 g/mol. The minimum Gasteiger partial charge on any atom is -0.469 e. The van der Waals surface area contributed by atoms with Crippen molar-refractivity contribution in [2.24, 2.45) is 46.3 Å². The SMILES string of the molecule is COC(=O)CC[C@@H](C)[C@H]1CC[C@H]2[C@@H]3CC(=O)[C@H]4C[C@@H]5O[C@@H]5C[C@]4(C)[C@H]3CC[C@]12C. The lowest BCUT2D eigenvalue weighted by Gasteiger charge is -2.59. The van der Waals surface area contributed by atoms with Crippen LogP contribution in [0.1, 0.15) is 78.6 Å². The Morgan fingerprint density at radius 3 is 2.69 bits per heavy atom. The molecule has 0 aromatic heterocycles. The second-order valence-electron chi connectivity index (χ2n) is 11.6. The maximum absolute atomic E-state index is 13.3. The Kier molecular flexibility index (Phi) is 4.70. The van der Waals surface area contributed by atoms with Gasteiger partial charge < -0.3 is 9.47 Å². The van der Waals surface area contributed by atoms with Gasteiger partial charge in [-0.05, 0) is 85.4 Å². The van der Waals surface area contributed by atoms with Crippen LogP contribution in [-0.4, -0.2) is 31.1 Å². The van der Waals surface area contributed by atoms with E-state index in [1.54, 1.807) is 0 Å². The highest BCUT2D eigenvalue weighted by atomic mass is 16.6. The van der Waals surface area contributed by atoms with E-state index in [-0.39, 0.29) is 17.3 Å². The van der Waals surface area contributed by atoms with Gasteiger partial charge in [-0.1, -0.05) is 20.8 Å². The zero-order valence-corrected chi connectivity index (χ0v) is 18.6. The van der Waals surface area contributed by atoms with Crippen molar-refractivity contribution in [3.63, 3.8) is 0 Å². The molecular formula is C25H38O4. The largest absolute Gasteiger partial charge is 0.469 e. The van der Waals surface area contributed by atoms with Crippen molar-refractivity contribution in [2.45, 2.75) is 90.8 Å². The van der Waals surface area contributed by atoms with E-state index in [0.717, 1.165) is 25.7 Å². The third-order valence-electron chi connectivity index (χ3n) is 10.5. The molecule has 1 saturated heterocycles. The Hall–Kier alpha value is -0.900. The van der Waals surface area contributed by atoms with E-state index in [2.05, 4.69) is 20.8 Å². The van der Waals surface area contributed by atoms with Crippen LogP contribution in [0.2, 0.25) is 0 Å². The van der Waals surface area contributed by atoms with Gasteiger partial charge in [0.1, 0.15) is 5.78 Å². The quantitative estimate of drug-likeness (QED) is 0.501. The van der Waals surface area contributed by atoms with Gasteiger partial charge in [-0.3, -0.25) is 9.59 Å². The molecular weight excluding hydrogens is 364 g/mol. The van der Waals surface area contributed by atoms with Crippen molar-refractivity contribution < 1.29 is 19.1 Å². The van der Waals surface area contributed by atoms with Gasteiger partial charge in [0.15, 0.2) is 0 Å². The molecule has 10 atom stereocenters. The number of carbonyl (C=O) groups excluding carboxylic acids is 2. The molecule has 4 nitrogen and oxygen atoms in total. The van der Waals surface area contributed by atoms with E-state index in [1.165, 1.54) is 32.8 Å². The molecule has 0 aromatic carbocycles. The van der Waals surface area contributed by atoms with Crippen molar-refractivity contribution in [2.75, 3.05) is 7.11 Å². The molecule has 1 aliphatic heterocycles. The van der Waals surface area contributed by atoms with E-state index in [1.807, 2.05) is 0 Å². The molecule has 5 aliphatic rings. The van der Waals surface area contributed by atoms with E-state index < -0.39 is 0 Å². The highest BCUT2D eigenvalue weighted by molar-refractivity contribution is 5.83. The van der Waals surface area contributed by atoms with Gasteiger partial charge in [-0.15, -0.1) is 0 Å². The van der Waals surface area contributed by atoms with Crippen LogP contribution >= 0.6 is 0 Å². The molecule has 162 valence electrons. The third kappa shape index (κ3) is 2.95. The maximum Gasteiger partial charge on any atom is 0.305 e. The van der Waals surface area contributed by atoms with Crippen LogP contribution in [0.25, 0.3) is 0 Å². The van der Waals surface area contributed by atoms with Gasteiger partial charge in [0.25, 0.3) is 0 Å². The number of carbonyl (C=O) groups is 2. The number of hydrogen-bond acceptors (Lipinski definition) is 4. The summed E-state index contributed by atoms with van der Waals surface area (Å²) < 4.78 is 10.7. The minimum absolute atomic E-state index is 0.0880. The highest BCUT2D eigenvalue weighted by Gasteiger charge is 2.65. The van der Waals surface area contributed by atoms with Gasteiger partial charge in [0.05, 0.1) is 19.3 Å². The smallest absolute Gasteiger partial charge is 0.305 e. The van der Waals surface area contributed by atoms with Crippen LogP contribution in [0.5, 0.6) is 0 Å². The van der Waals surface area contributed by atoms with Gasteiger partial charge in [-0.2, -0.15) is 0 Å². The fraction of sp³-hybridized carbons (Fsp3) is 0.920. The summed E-state index contributed by atoms with van der Waals surface area (Å²) in [6.07, 6.45) is 10.3. The summed E-state index contributed by atoms with van der Waals surface area (Å²) in [5.41, 5.74) is 0.487. The first-order valence-corrected chi connectivity index (χ1v) is 12.0. The summed E-state index contributed by atoms with van der Waals surface area (Å²) >= 11 is 0. The third-order valence-corrected chi connectivity index (χ3v) is 10.5. The van der Waals surface area contributed by atoms with E-state index in [0.29, 0.717) is 59.4 Å². The Morgan fingerprint density at radius 2 is 1.93 bits per heavy atom. The van der Waals surface area contributed by atoms with Gasteiger partial charge >= 0.3 is 5.97 Å². The Bertz CT molecular complexity index is 703. The number of ketones is 1. The average Bonchev–Trinajstić information content (AvgIpc) is 3.34. The molecule has 0 spiro atoms. The Labute approximate surface area is 175 Å². The predicted octanol–water partition coefficient (Wildman–Crippen LogP) is 4.79. The summed E-state index contributed by atoms with van der Waals surface area (Å²) in [5, 5.41) is 0. The van der Waals surface area contributed by atoms with Crippen LogP contribution < -0.4 is 0 Å². The molecule has 0 bridgehead atoms. The molecule has 4 heteroatoms. The number of fused-ring (bicyclic) bond motifs is 6. The molecule has 0 aromatic rings. The second kappa shape index (κ2) is 6.80. The van der Waals surface area contributed by atoms with Crippen molar-refractivity contribution in [3.05, 3.63) is 0 Å². The number of Topliss-reactive ketones (excluding diaryl/α,β-unsaturated/α-hetero) is 1. The number of rotatable bonds is 4. The maximum atomic E-state index is 13.3. The standard InChI is InChI=1S/C25H38O4/c1-14(5-8-23(27)28-4)16-6-7-17-15-11-20(26)19-12-21-22(29-21)13-25(19,3)18(15)9-10-24(16,17)2/h14-19,21-22H,5-13H2,1-4H3/t14-,15+,16-,17+,18+,19-,21+,22-,24-,25-/m1/s1. The molecule has 0 amide bonds. The molecule has 4 aliphatic carbocycles. The highest BCUT2D eigenvalue weighted by Crippen LogP contribution is 2.69. The lowest BCUT2D eigenvalue weighted by atomic mass is 9.44. The number of epoxide rings is 1. The van der Waals surface area contributed by atoms with E-state index in [9.17, 15) is 9.59 Å². The number of hydrogen-bond donors (Lipinski definition) is 0. The summed E-state index contributed by atoms with van der Waals surface area (Å²) in [4.78, 5) is 24.9. The van der Waals surface area contributed by atoms with Gasteiger partial charge in [0, 0.05) is 18.8 Å². The number of methoxy groups -OCH3 is 1. The van der Waals surface area contributed by atoms with Crippen LogP contribution in [0.15, 0.2) is 0 Å². The topological polar surface area (TPSA) is 55.9 Å². The van der Waals surface area contributed by atoms with Crippen LogP contribution in [0.3, 0.4) is 0 Å². The van der Waals surface area contributed by atoms with Crippen LogP contribution in [0, 0.1) is 46.3 Å². The normalized spacial score (nSPS) is 51.3. The molecule has 5 fully saturated rings. The Morgan fingerprint density at radius 1 is 1.17 bits per heavy atom. The lowest BCUT2D eigenvalue weighted by Crippen LogP contribution is -2.56. The van der Waals surface area contributed by atoms with Gasteiger partial charge in [-0.25, -0.2) is 0 Å². The van der Waals surface area contributed by atoms with Crippen molar-refractivity contribution in [1.29, 1.82) is 0 Å². The molecule has 0 unspecified atom stereocenters. The van der Waals surface area contributed by atoms with Crippen molar-refractivity contribution >= 4 is 11.8 Å². The Balaban J connectivity index is 1.35. The zero-order chi connectivity index (χ0) is 20.6. The second-order valence-corrected chi connectivity index (χ2v) is 11.6. The fourth-order valence-electron chi connectivity index (χ4n) is 8.94. The summed E-state index contributed by atoms with van der Waals surface area (Å²) in [5.74, 6) is 3.83. The number of esters is 1. The minimum atomic E-state index is -0.0880. The predicted molar refractivity (Wildman–Crippen MR) is 110 cm³/mol. The van der Waals surface area contributed by atoms with Crippen molar-refractivity contribution in [3.8, 4) is 0 Å². The molecule has 1 heterocycles. The first-order chi connectivity index (χ1) is 13.8. The molecule has 29 heavy (non-hydrogen) atoms. The fourth-order valence-corrected chi connectivity index (χ4v) is 8.94. The van der Waals surface area contributed by atoms with Crippen molar-refractivity contribution in [1.82, 2.24) is 0 Å². The zero-order valence-electron chi connectivity index (χ0n) is 18.6. The van der Waals surface area contributed by atoms with E-state index in [4.69, 9.17) is 9.47 Å². The molecule has 5 rings (SSSR count). The first kappa shape index (κ1) is 20.0. The monoisotopic (exact) mass is 402 g/mol. The first-order valence-electron chi connectivity index (χ1n) is 12.0. The van der Waals surface area contributed by atoms with Crippen LogP contribution in [0.4, 0.5) is 0 Å². The summed E-state index contributed by atoms with van der Waals surface area (Å²) in [7, 11) is 1.48. The lowest BCUT2D eigenvalue weighted by molar-refractivity contribution is -0.153. The van der Waals surface area contributed by atoms with Crippen LogP contribution in [-0.2, 0) is 19.1 Å². The number of ether oxygens (including phenoxy) is 2. The molecule has 4 saturated carbocycles. The molecule has 0 N–H and O–H groups in total.